The van der Waals surface area contributed by atoms with E-state index in [0.29, 0.717) is 38.6 Å². The first-order valence-corrected chi connectivity index (χ1v) is 7.30. The molecule has 1 saturated heterocycles. The first-order valence-electron chi connectivity index (χ1n) is 7.30. The molecule has 4 heteroatoms. The molecule has 1 heterocycles. The number of rotatable bonds is 10. The molecule has 0 radical (unpaired) electrons. The Hall–Kier alpha value is -1.10. The molecule has 0 spiro atoms. The van der Waals surface area contributed by atoms with E-state index in [1.807, 2.05) is 24.3 Å². The normalized spacial score (nSPS) is 18.8. The number of epoxide rings is 1. The van der Waals surface area contributed by atoms with E-state index in [1.165, 1.54) is 0 Å². The van der Waals surface area contributed by atoms with Crippen molar-refractivity contribution in [3.63, 3.8) is 0 Å². The minimum atomic E-state index is 0.295. The van der Waals surface area contributed by atoms with Gasteiger partial charge in [0.1, 0.15) is 18.5 Å². The molecule has 1 aromatic rings. The lowest BCUT2D eigenvalue weighted by molar-refractivity contribution is 0.00632. The molecular formula is C16H24O4. The highest BCUT2D eigenvalue weighted by molar-refractivity contribution is 5.26. The lowest BCUT2D eigenvalue weighted by Gasteiger charge is -2.11. The fourth-order valence-corrected chi connectivity index (χ4v) is 1.65. The van der Waals surface area contributed by atoms with Crippen LogP contribution in [0.5, 0.6) is 5.75 Å². The number of hydrogen-bond acceptors (Lipinski definition) is 4. The Balaban J connectivity index is 1.58. The Morgan fingerprint density at radius 2 is 2.00 bits per heavy atom. The van der Waals surface area contributed by atoms with Crippen molar-refractivity contribution in [3.05, 3.63) is 29.8 Å². The Morgan fingerprint density at radius 1 is 1.25 bits per heavy atom. The first kappa shape index (κ1) is 15.3. The quantitative estimate of drug-likeness (QED) is 0.488. The largest absolute Gasteiger partial charge is 0.491 e. The second-order valence-electron chi connectivity index (χ2n) is 5.05. The number of benzene rings is 1. The van der Waals surface area contributed by atoms with Gasteiger partial charge in [0.2, 0.25) is 0 Å². The van der Waals surface area contributed by atoms with Crippen molar-refractivity contribution in [2.45, 2.75) is 39.1 Å². The van der Waals surface area contributed by atoms with Crippen LogP contribution >= 0.6 is 0 Å². The summed E-state index contributed by atoms with van der Waals surface area (Å²) in [6.07, 6.45) is 1.64. The van der Waals surface area contributed by atoms with Crippen LogP contribution in [0.15, 0.2) is 24.3 Å². The van der Waals surface area contributed by atoms with E-state index in [1.54, 1.807) is 0 Å². The van der Waals surface area contributed by atoms with Crippen molar-refractivity contribution in [2.75, 3.05) is 26.4 Å². The lowest BCUT2D eigenvalue weighted by atomic mass is 10.2. The minimum absolute atomic E-state index is 0.295. The molecule has 1 aromatic carbocycles. The third-order valence-electron chi connectivity index (χ3n) is 3.24. The molecule has 20 heavy (non-hydrogen) atoms. The van der Waals surface area contributed by atoms with Crippen LogP contribution in [0.25, 0.3) is 0 Å². The van der Waals surface area contributed by atoms with Gasteiger partial charge in [-0.3, -0.25) is 0 Å². The van der Waals surface area contributed by atoms with Gasteiger partial charge < -0.3 is 18.9 Å². The third kappa shape index (κ3) is 5.90. The topological polar surface area (TPSA) is 40.2 Å². The highest BCUT2D eigenvalue weighted by Crippen LogP contribution is 2.16. The summed E-state index contributed by atoms with van der Waals surface area (Å²) in [5, 5.41) is 0. The molecule has 2 atom stereocenters. The maximum atomic E-state index is 5.58. The van der Waals surface area contributed by atoms with Crippen molar-refractivity contribution in [3.8, 4) is 5.75 Å². The van der Waals surface area contributed by atoms with E-state index in [0.717, 1.165) is 24.3 Å². The van der Waals surface area contributed by atoms with Crippen LogP contribution in [0.4, 0.5) is 0 Å². The summed E-state index contributed by atoms with van der Waals surface area (Å²) in [6.45, 7) is 7.54. The zero-order chi connectivity index (χ0) is 14.2. The van der Waals surface area contributed by atoms with Crippen LogP contribution in [0.3, 0.4) is 0 Å². The van der Waals surface area contributed by atoms with Gasteiger partial charge in [0.15, 0.2) is 0 Å². The predicted octanol–water partition coefficient (Wildman–Crippen LogP) is 2.80. The molecule has 1 fully saturated rings. The van der Waals surface area contributed by atoms with Crippen LogP contribution < -0.4 is 4.74 Å². The zero-order valence-electron chi connectivity index (χ0n) is 12.3. The summed E-state index contributed by atoms with van der Waals surface area (Å²) in [5.74, 6) is 0.879. The monoisotopic (exact) mass is 280 g/mol. The molecule has 4 nitrogen and oxygen atoms in total. The van der Waals surface area contributed by atoms with Gasteiger partial charge in [0.25, 0.3) is 0 Å². The molecule has 1 aliphatic rings. The fraction of sp³-hybridized carbons (Fsp3) is 0.625. The van der Waals surface area contributed by atoms with Gasteiger partial charge in [0.05, 0.1) is 32.5 Å². The van der Waals surface area contributed by atoms with E-state index >= 15 is 0 Å². The van der Waals surface area contributed by atoms with Gasteiger partial charge >= 0.3 is 0 Å². The van der Waals surface area contributed by atoms with E-state index in [-0.39, 0.29) is 0 Å². The maximum absolute atomic E-state index is 5.58. The lowest BCUT2D eigenvalue weighted by Crippen LogP contribution is -2.11. The van der Waals surface area contributed by atoms with E-state index < -0.39 is 0 Å². The molecule has 112 valence electrons. The van der Waals surface area contributed by atoms with E-state index in [9.17, 15) is 0 Å². The van der Waals surface area contributed by atoms with Crippen LogP contribution in [0, 0.1) is 0 Å². The van der Waals surface area contributed by atoms with E-state index in [2.05, 4.69) is 13.8 Å². The van der Waals surface area contributed by atoms with Crippen molar-refractivity contribution in [2.24, 2.45) is 0 Å². The fourth-order valence-electron chi connectivity index (χ4n) is 1.65. The van der Waals surface area contributed by atoms with Crippen LogP contribution in [0.1, 0.15) is 25.8 Å². The average Bonchev–Trinajstić information content (AvgIpc) is 3.30. The van der Waals surface area contributed by atoms with Gasteiger partial charge in [0, 0.05) is 0 Å². The Labute approximate surface area is 121 Å². The summed E-state index contributed by atoms with van der Waals surface area (Å²) in [7, 11) is 0. The Bertz CT molecular complexity index is 373. The number of ether oxygens (including phenoxy) is 4. The molecule has 1 aliphatic heterocycles. The number of hydrogen-bond donors (Lipinski definition) is 0. The van der Waals surface area contributed by atoms with Gasteiger partial charge in [-0.2, -0.15) is 0 Å². The van der Waals surface area contributed by atoms with Crippen molar-refractivity contribution < 1.29 is 18.9 Å². The smallest absolute Gasteiger partial charge is 0.119 e. The van der Waals surface area contributed by atoms with Crippen molar-refractivity contribution in [1.82, 2.24) is 0 Å². The zero-order valence-corrected chi connectivity index (χ0v) is 12.3. The third-order valence-corrected chi connectivity index (χ3v) is 3.24. The van der Waals surface area contributed by atoms with Crippen LogP contribution in [0.2, 0.25) is 0 Å². The highest BCUT2D eigenvalue weighted by Gasteiger charge is 2.22. The van der Waals surface area contributed by atoms with Crippen molar-refractivity contribution in [1.29, 1.82) is 0 Å². The molecule has 2 rings (SSSR count). The van der Waals surface area contributed by atoms with Gasteiger partial charge in [-0.1, -0.05) is 19.1 Å². The average molecular weight is 280 g/mol. The van der Waals surface area contributed by atoms with Gasteiger partial charge in [-0.05, 0) is 31.0 Å². The molecule has 0 aliphatic carbocycles. The van der Waals surface area contributed by atoms with E-state index in [4.69, 9.17) is 18.9 Å². The molecule has 0 bridgehead atoms. The maximum Gasteiger partial charge on any atom is 0.119 e. The highest BCUT2D eigenvalue weighted by atomic mass is 16.6. The summed E-state index contributed by atoms with van der Waals surface area (Å²) >= 11 is 0. The summed E-state index contributed by atoms with van der Waals surface area (Å²) < 4.78 is 21.8. The minimum Gasteiger partial charge on any atom is -0.491 e. The van der Waals surface area contributed by atoms with Crippen LogP contribution in [-0.2, 0) is 20.8 Å². The summed E-state index contributed by atoms with van der Waals surface area (Å²) in [6, 6.07) is 7.99. The molecular weight excluding hydrogens is 256 g/mol. The predicted molar refractivity (Wildman–Crippen MR) is 77.0 cm³/mol. The summed E-state index contributed by atoms with van der Waals surface area (Å²) in [4.78, 5) is 0. The van der Waals surface area contributed by atoms with Gasteiger partial charge in [-0.25, -0.2) is 0 Å². The second-order valence-corrected chi connectivity index (χ2v) is 5.05. The van der Waals surface area contributed by atoms with Gasteiger partial charge in [-0.15, -0.1) is 0 Å². The molecule has 0 amide bonds. The van der Waals surface area contributed by atoms with Crippen LogP contribution in [-0.4, -0.2) is 38.6 Å². The SMILES string of the molecule is CCC(C)OCCOCc1ccc(OCC2CO2)cc1. The molecule has 2 unspecified atom stereocenters. The standard InChI is InChI=1S/C16H24O4/c1-3-13(2)18-9-8-17-10-14-4-6-15(7-5-14)19-11-16-12-20-16/h4-7,13,16H,3,8-12H2,1-2H3. The molecule has 0 N–H and O–H groups in total. The Kier molecular flexibility index (Phi) is 6.30. The summed E-state index contributed by atoms with van der Waals surface area (Å²) in [5.41, 5.74) is 1.14. The molecule has 0 saturated carbocycles. The molecule has 0 aromatic heterocycles. The second kappa shape index (κ2) is 8.25. The van der Waals surface area contributed by atoms with Crippen molar-refractivity contribution >= 4 is 0 Å². The first-order chi connectivity index (χ1) is 9.78. The Morgan fingerprint density at radius 3 is 2.65 bits per heavy atom.